The van der Waals surface area contributed by atoms with Gasteiger partial charge >= 0.3 is 0 Å². The highest BCUT2D eigenvalue weighted by Gasteiger charge is 2.18. The van der Waals surface area contributed by atoms with Crippen LogP contribution in [0.1, 0.15) is 6.42 Å². The zero-order chi connectivity index (χ0) is 19.3. The van der Waals surface area contributed by atoms with Gasteiger partial charge in [0.05, 0.1) is 29.2 Å². The molecule has 9 heteroatoms. The largest absolute Gasteiger partial charge is 0.465 e. The molecule has 136 valence electrons. The molecule has 1 aromatic heterocycles. The van der Waals surface area contributed by atoms with E-state index < -0.39 is 5.91 Å². The highest BCUT2D eigenvalue weighted by atomic mass is 16.5. The van der Waals surface area contributed by atoms with Crippen LogP contribution in [0.4, 0.5) is 11.5 Å². The maximum Gasteiger partial charge on any atom is 0.281 e. The number of carbonyl (C=O) groups excluding carboxylic acids is 2. The molecule has 0 atom stereocenters. The van der Waals surface area contributed by atoms with Crippen molar-refractivity contribution in [3.8, 4) is 5.75 Å². The van der Waals surface area contributed by atoms with E-state index in [9.17, 15) is 9.59 Å². The first-order valence-electron chi connectivity index (χ1n) is 8.24. The second-order valence-corrected chi connectivity index (χ2v) is 5.63. The van der Waals surface area contributed by atoms with Gasteiger partial charge in [-0.2, -0.15) is 4.99 Å². The Morgan fingerprint density at radius 1 is 1.00 bits per heavy atom. The number of hydrogen-bond acceptors (Lipinski definition) is 7. The zero-order valence-electron chi connectivity index (χ0n) is 14.4. The predicted octanol–water partition coefficient (Wildman–Crippen LogP) is 0.785. The molecule has 1 aromatic carbocycles. The molecule has 0 fully saturated rings. The third kappa shape index (κ3) is 3.68. The summed E-state index contributed by atoms with van der Waals surface area (Å²) in [5.74, 6) is -0.0709. The number of ether oxygens (including phenoxy) is 1. The molecular formula is C19H12N6O3. The van der Waals surface area contributed by atoms with E-state index in [1.807, 2.05) is 0 Å². The summed E-state index contributed by atoms with van der Waals surface area (Å²) in [6.07, 6.45) is 8.30. The van der Waals surface area contributed by atoms with Crippen LogP contribution in [-0.4, -0.2) is 40.4 Å². The molecule has 2 aliphatic rings. The zero-order valence-corrected chi connectivity index (χ0v) is 14.4. The topological polar surface area (TPSA) is 119 Å². The predicted molar refractivity (Wildman–Crippen MR) is 102 cm³/mol. The normalized spacial score (nSPS) is 20.4. The second-order valence-electron chi connectivity index (χ2n) is 5.63. The number of fused-ring (bicyclic) bond motifs is 2. The van der Waals surface area contributed by atoms with E-state index in [0.29, 0.717) is 16.7 Å². The van der Waals surface area contributed by atoms with Crippen molar-refractivity contribution < 1.29 is 14.3 Å². The summed E-state index contributed by atoms with van der Waals surface area (Å²) in [4.78, 5) is 48.3. The van der Waals surface area contributed by atoms with Gasteiger partial charge in [0.1, 0.15) is 12.1 Å². The average Bonchev–Trinajstić information content (AvgIpc) is 3.02. The Labute approximate surface area is 158 Å². The first-order chi connectivity index (χ1) is 13.7. The number of amides is 2. The van der Waals surface area contributed by atoms with Crippen molar-refractivity contribution in [3.63, 3.8) is 0 Å². The van der Waals surface area contributed by atoms with Crippen LogP contribution in [0.3, 0.4) is 0 Å². The van der Waals surface area contributed by atoms with Gasteiger partial charge in [-0.1, -0.05) is 6.07 Å². The minimum absolute atomic E-state index is 0.0798. The SMILES string of the molecule is O=C1C/C=C\Oc2cccc(c2)/N=C\C2=c3c(ncnc3=NC2=O)/N=C\C=N/1. The molecule has 2 amide bonds. The fourth-order valence-electron chi connectivity index (χ4n) is 2.50. The number of hydrogen-bond donors (Lipinski definition) is 0. The summed E-state index contributed by atoms with van der Waals surface area (Å²) in [6.45, 7) is 0. The van der Waals surface area contributed by atoms with Crippen LogP contribution in [0, 0.1) is 0 Å². The molecule has 0 saturated carbocycles. The van der Waals surface area contributed by atoms with Crippen LogP contribution in [0.2, 0.25) is 0 Å². The standard InChI is InChI=1S/C19H12N6O3/c26-15-5-2-8-28-13-4-1-3-12(9-13)22-10-14-16-17(21-7-6-20-15)23-11-24-18(16)25-19(14)27/h1-4,6-11H,5H2/b8-2-,20-6-,21-7-,22-10-. The molecule has 2 bridgehead atoms. The molecule has 2 aliphatic heterocycles. The van der Waals surface area contributed by atoms with Gasteiger partial charge in [0.25, 0.3) is 5.91 Å². The van der Waals surface area contributed by atoms with Crippen LogP contribution in [-0.2, 0) is 9.59 Å². The van der Waals surface area contributed by atoms with Crippen molar-refractivity contribution in [2.45, 2.75) is 6.42 Å². The summed E-state index contributed by atoms with van der Waals surface area (Å²) >= 11 is 0. The number of rotatable bonds is 0. The van der Waals surface area contributed by atoms with E-state index in [0.717, 1.165) is 0 Å². The fraction of sp³-hybridized carbons (Fsp3) is 0.0526. The van der Waals surface area contributed by atoms with E-state index in [-0.39, 0.29) is 29.2 Å². The number of benzene rings is 1. The molecule has 0 radical (unpaired) electrons. The van der Waals surface area contributed by atoms with Crippen molar-refractivity contribution >= 4 is 47.5 Å². The second kappa shape index (κ2) is 7.62. The van der Waals surface area contributed by atoms with Crippen LogP contribution in [0.15, 0.2) is 62.9 Å². The van der Waals surface area contributed by atoms with Crippen molar-refractivity contribution in [1.29, 1.82) is 0 Å². The van der Waals surface area contributed by atoms with Gasteiger partial charge in [-0.3, -0.25) is 14.6 Å². The molecule has 28 heavy (non-hydrogen) atoms. The highest BCUT2D eigenvalue weighted by Crippen LogP contribution is 2.20. The average molecular weight is 372 g/mol. The van der Waals surface area contributed by atoms with E-state index in [4.69, 9.17) is 4.74 Å². The van der Waals surface area contributed by atoms with Crippen LogP contribution < -0.4 is 15.4 Å². The van der Waals surface area contributed by atoms with E-state index in [2.05, 4.69) is 29.9 Å². The quantitative estimate of drug-likeness (QED) is 0.677. The third-order valence-corrected chi connectivity index (χ3v) is 3.75. The van der Waals surface area contributed by atoms with Gasteiger partial charge in [-0.25, -0.2) is 20.0 Å². The van der Waals surface area contributed by atoms with Gasteiger partial charge in [0.15, 0.2) is 11.3 Å². The van der Waals surface area contributed by atoms with Gasteiger partial charge in [0.2, 0.25) is 5.91 Å². The van der Waals surface area contributed by atoms with Crippen LogP contribution in [0.25, 0.3) is 5.57 Å². The van der Waals surface area contributed by atoms with Gasteiger partial charge in [0, 0.05) is 24.7 Å². The number of nitrogens with zero attached hydrogens (tertiary/aromatic N) is 6. The van der Waals surface area contributed by atoms with Crippen molar-refractivity contribution in [1.82, 2.24) is 9.97 Å². The summed E-state index contributed by atoms with van der Waals surface area (Å²) in [6, 6.07) is 6.96. The molecule has 0 N–H and O–H groups in total. The van der Waals surface area contributed by atoms with Crippen molar-refractivity contribution in [3.05, 3.63) is 53.6 Å². The molecule has 4 rings (SSSR count). The highest BCUT2D eigenvalue weighted by molar-refractivity contribution is 6.36. The fourth-order valence-corrected chi connectivity index (χ4v) is 2.50. The van der Waals surface area contributed by atoms with E-state index in [1.54, 1.807) is 30.3 Å². The molecule has 9 nitrogen and oxygen atoms in total. The molecule has 3 heterocycles. The summed E-state index contributed by atoms with van der Waals surface area (Å²) in [5, 5.41) is 0.380. The Hall–Kier alpha value is -4.14. The number of aliphatic imine (C=N–C) groups is 3. The third-order valence-electron chi connectivity index (χ3n) is 3.75. The Balaban J connectivity index is 1.86. The summed E-state index contributed by atoms with van der Waals surface area (Å²) < 4.78 is 5.46. The molecule has 0 spiro atoms. The molecule has 0 saturated heterocycles. The van der Waals surface area contributed by atoms with Crippen molar-refractivity contribution in [2.75, 3.05) is 0 Å². The van der Waals surface area contributed by atoms with E-state index >= 15 is 0 Å². The monoisotopic (exact) mass is 372 g/mol. The van der Waals surface area contributed by atoms with Gasteiger partial charge in [-0.05, 0) is 18.2 Å². The first-order valence-corrected chi connectivity index (χ1v) is 8.24. The molecule has 0 unspecified atom stereocenters. The number of carbonyl (C=O) groups is 2. The minimum Gasteiger partial charge on any atom is -0.465 e. The van der Waals surface area contributed by atoms with Crippen molar-refractivity contribution in [2.24, 2.45) is 20.0 Å². The molecule has 0 aliphatic carbocycles. The van der Waals surface area contributed by atoms with Gasteiger partial charge < -0.3 is 4.74 Å². The maximum absolute atomic E-state index is 12.3. The smallest absolute Gasteiger partial charge is 0.281 e. The van der Waals surface area contributed by atoms with Crippen LogP contribution >= 0.6 is 0 Å². The lowest BCUT2D eigenvalue weighted by molar-refractivity contribution is -0.117. The number of aromatic nitrogens is 2. The minimum atomic E-state index is -0.479. The summed E-state index contributed by atoms with van der Waals surface area (Å²) in [7, 11) is 0. The lowest BCUT2D eigenvalue weighted by Gasteiger charge is -2.01. The van der Waals surface area contributed by atoms with Crippen LogP contribution in [0.5, 0.6) is 5.75 Å². The Morgan fingerprint density at radius 2 is 1.89 bits per heavy atom. The first kappa shape index (κ1) is 17.3. The Morgan fingerprint density at radius 3 is 2.82 bits per heavy atom. The van der Waals surface area contributed by atoms with E-state index in [1.165, 1.54) is 31.2 Å². The maximum atomic E-state index is 12.3. The molecular weight excluding hydrogens is 360 g/mol. The lowest BCUT2D eigenvalue weighted by Crippen LogP contribution is -2.28. The molecule has 2 aromatic rings. The Kier molecular flexibility index (Phi) is 4.70. The lowest BCUT2D eigenvalue weighted by atomic mass is 10.2. The Bertz CT molecular complexity index is 1210. The summed E-state index contributed by atoms with van der Waals surface area (Å²) in [5.41, 5.74) is 1.03. The van der Waals surface area contributed by atoms with Gasteiger partial charge in [-0.15, -0.1) is 0 Å².